The number of benzene rings is 1. The maximum atomic E-state index is 12.4. The highest BCUT2D eigenvalue weighted by Gasteiger charge is 2.31. The first-order valence-corrected chi connectivity index (χ1v) is 6.11. The Morgan fingerprint density at radius 1 is 1.32 bits per heavy atom. The summed E-state index contributed by atoms with van der Waals surface area (Å²) in [5.41, 5.74) is 0.354. The molecule has 1 aromatic carbocycles. The van der Waals surface area contributed by atoms with E-state index < -0.39 is 5.41 Å². The van der Waals surface area contributed by atoms with Crippen LogP contribution in [0.3, 0.4) is 0 Å². The molecule has 19 heavy (non-hydrogen) atoms. The fraction of sp³-hybridized carbons (Fsp3) is 0.385. The number of H-pyrrole nitrogens is 1. The van der Waals surface area contributed by atoms with E-state index in [0.717, 1.165) is 5.56 Å². The number of hydrogen-bond donors (Lipinski definition) is 2. The lowest BCUT2D eigenvalue weighted by Gasteiger charge is -2.25. The van der Waals surface area contributed by atoms with Crippen molar-refractivity contribution in [1.82, 2.24) is 25.9 Å². The summed E-state index contributed by atoms with van der Waals surface area (Å²) in [4.78, 5) is 12.4. The first-order valence-electron chi connectivity index (χ1n) is 6.11. The van der Waals surface area contributed by atoms with Gasteiger partial charge in [0, 0.05) is 0 Å². The van der Waals surface area contributed by atoms with Gasteiger partial charge in [-0.05, 0) is 26.3 Å². The summed E-state index contributed by atoms with van der Waals surface area (Å²) in [7, 11) is 0. The third kappa shape index (κ3) is 2.78. The Morgan fingerprint density at radius 3 is 2.58 bits per heavy atom. The van der Waals surface area contributed by atoms with E-state index in [9.17, 15) is 4.79 Å². The average molecular weight is 259 g/mol. The molecule has 1 atom stereocenters. The van der Waals surface area contributed by atoms with Gasteiger partial charge in [-0.15, -0.1) is 10.2 Å². The van der Waals surface area contributed by atoms with Crippen LogP contribution in [0.4, 0.5) is 0 Å². The van der Waals surface area contributed by atoms with Gasteiger partial charge in [0.25, 0.3) is 0 Å². The Kier molecular flexibility index (Phi) is 3.59. The van der Waals surface area contributed by atoms with Crippen LogP contribution in [0.1, 0.15) is 38.2 Å². The van der Waals surface area contributed by atoms with E-state index in [1.165, 1.54) is 0 Å². The predicted molar refractivity (Wildman–Crippen MR) is 70.2 cm³/mol. The molecule has 0 spiro atoms. The molecule has 100 valence electrons. The van der Waals surface area contributed by atoms with E-state index in [1.54, 1.807) is 0 Å². The minimum Gasteiger partial charge on any atom is -0.345 e. The number of nitrogens with one attached hydrogen (secondary N) is 2. The Balaban J connectivity index is 2.11. The first kappa shape index (κ1) is 13.2. The molecule has 2 aromatic rings. The number of aromatic nitrogens is 4. The van der Waals surface area contributed by atoms with E-state index >= 15 is 0 Å². The van der Waals surface area contributed by atoms with Gasteiger partial charge in [0.15, 0.2) is 5.82 Å². The van der Waals surface area contributed by atoms with Crippen molar-refractivity contribution < 1.29 is 4.79 Å². The number of amides is 1. The number of rotatable bonds is 4. The van der Waals surface area contributed by atoms with Gasteiger partial charge in [-0.1, -0.05) is 35.5 Å². The molecule has 0 aliphatic heterocycles. The molecule has 6 heteroatoms. The zero-order valence-electron chi connectivity index (χ0n) is 11.2. The molecule has 2 N–H and O–H groups in total. The van der Waals surface area contributed by atoms with Crippen LogP contribution < -0.4 is 5.32 Å². The topological polar surface area (TPSA) is 83.6 Å². The Hall–Kier alpha value is -2.24. The highest BCUT2D eigenvalue weighted by atomic mass is 16.2. The van der Waals surface area contributed by atoms with Gasteiger partial charge in [0.2, 0.25) is 5.91 Å². The van der Waals surface area contributed by atoms with Crippen LogP contribution in [-0.4, -0.2) is 26.5 Å². The van der Waals surface area contributed by atoms with E-state index in [4.69, 9.17) is 0 Å². The molecule has 0 saturated carbocycles. The van der Waals surface area contributed by atoms with Gasteiger partial charge in [-0.25, -0.2) is 0 Å². The monoisotopic (exact) mass is 259 g/mol. The molecule has 1 aromatic heterocycles. The molecule has 1 heterocycles. The van der Waals surface area contributed by atoms with E-state index in [1.807, 2.05) is 51.1 Å². The summed E-state index contributed by atoms with van der Waals surface area (Å²) in [6, 6.07) is 9.38. The number of nitrogens with zero attached hydrogens (tertiary/aromatic N) is 3. The zero-order valence-corrected chi connectivity index (χ0v) is 11.2. The summed E-state index contributed by atoms with van der Waals surface area (Å²) in [6.07, 6.45) is 0. The lowest BCUT2D eigenvalue weighted by atomic mass is 9.83. The molecule has 2 rings (SSSR count). The number of carbonyl (C=O) groups is 1. The van der Waals surface area contributed by atoms with Crippen LogP contribution >= 0.6 is 0 Å². The van der Waals surface area contributed by atoms with Gasteiger partial charge >= 0.3 is 0 Å². The molecule has 0 saturated heterocycles. The van der Waals surface area contributed by atoms with E-state index in [0.29, 0.717) is 5.82 Å². The van der Waals surface area contributed by atoms with Crippen molar-refractivity contribution in [2.45, 2.75) is 32.2 Å². The van der Waals surface area contributed by atoms with Crippen molar-refractivity contribution >= 4 is 5.91 Å². The predicted octanol–water partition coefficient (Wildman–Crippen LogP) is 1.35. The molecule has 0 radical (unpaired) electrons. The standard InChI is InChI=1S/C13H17N5O/c1-9(11-15-17-18-16-11)14-12(19)13(2,3)10-7-5-4-6-8-10/h4-9H,1-3H3,(H,14,19)(H,15,16,17,18). The summed E-state index contributed by atoms with van der Waals surface area (Å²) >= 11 is 0. The van der Waals surface area contributed by atoms with Crippen molar-refractivity contribution in [3.63, 3.8) is 0 Å². The van der Waals surface area contributed by atoms with E-state index in [-0.39, 0.29) is 11.9 Å². The molecule has 0 fully saturated rings. The highest BCUT2D eigenvalue weighted by molar-refractivity contribution is 5.87. The van der Waals surface area contributed by atoms with Crippen LogP contribution in [0.2, 0.25) is 0 Å². The fourth-order valence-electron chi connectivity index (χ4n) is 1.78. The number of tetrazole rings is 1. The van der Waals surface area contributed by atoms with Crippen LogP contribution in [0.5, 0.6) is 0 Å². The van der Waals surface area contributed by atoms with Gasteiger partial charge in [0.1, 0.15) is 0 Å². The van der Waals surface area contributed by atoms with E-state index in [2.05, 4.69) is 25.9 Å². The first-order chi connectivity index (χ1) is 9.01. The molecular weight excluding hydrogens is 242 g/mol. The number of aromatic amines is 1. The molecule has 0 aliphatic carbocycles. The average Bonchev–Trinajstić information content (AvgIpc) is 2.93. The van der Waals surface area contributed by atoms with Crippen LogP contribution in [0, 0.1) is 0 Å². The van der Waals surface area contributed by atoms with Crippen molar-refractivity contribution in [1.29, 1.82) is 0 Å². The molecule has 6 nitrogen and oxygen atoms in total. The number of carbonyl (C=O) groups excluding carboxylic acids is 1. The minimum atomic E-state index is -0.612. The molecule has 1 amide bonds. The zero-order chi connectivity index (χ0) is 13.9. The largest absolute Gasteiger partial charge is 0.345 e. The second kappa shape index (κ2) is 5.17. The maximum Gasteiger partial charge on any atom is 0.230 e. The normalized spacial score (nSPS) is 13.0. The summed E-state index contributed by atoms with van der Waals surface area (Å²) < 4.78 is 0. The van der Waals surface area contributed by atoms with Crippen LogP contribution in [0.25, 0.3) is 0 Å². The smallest absolute Gasteiger partial charge is 0.230 e. The van der Waals surface area contributed by atoms with Crippen molar-refractivity contribution in [3.05, 3.63) is 41.7 Å². The lowest BCUT2D eigenvalue weighted by molar-refractivity contribution is -0.126. The van der Waals surface area contributed by atoms with Crippen molar-refractivity contribution in [2.75, 3.05) is 0 Å². The van der Waals surface area contributed by atoms with Crippen molar-refractivity contribution in [2.24, 2.45) is 0 Å². The lowest BCUT2D eigenvalue weighted by Crippen LogP contribution is -2.41. The molecule has 1 unspecified atom stereocenters. The number of hydrogen-bond acceptors (Lipinski definition) is 4. The Bertz CT molecular complexity index is 535. The summed E-state index contributed by atoms with van der Waals surface area (Å²) in [5.74, 6) is 0.396. The van der Waals surface area contributed by atoms with Crippen molar-refractivity contribution in [3.8, 4) is 0 Å². The van der Waals surface area contributed by atoms with Crippen LogP contribution in [-0.2, 0) is 10.2 Å². The van der Waals surface area contributed by atoms with Gasteiger partial charge < -0.3 is 5.32 Å². The summed E-state index contributed by atoms with van der Waals surface area (Å²) in [6.45, 7) is 5.60. The molecule has 0 aliphatic rings. The summed E-state index contributed by atoms with van der Waals surface area (Å²) in [5, 5.41) is 16.5. The fourth-order valence-corrected chi connectivity index (χ4v) is 1.78. The third-order valence-corrected chi connectivity index (χ3v) is 3.16. The van der Waals surface area contributed by atoms with Gasteiger partial charge in [0.05, 0.1) is 11.5 Å². The molecule has 0 bridgehead atoms. The SMILES string of the molecule is CC(NC(=O)C(C)(C)c1ccccc1)c1nn[nH]n1. The second-order valence-corrected chi connectivity index (χ2v) is 4.96. The minimum absolute atomic E-state index is 0.0731. The van der Waals surface area contributed by atoms with Gasteiger partial charge in [-0.3, -0.25) is 4.79 Å². The van der Waals surface area contributed by atoms with Crippen LogP contribution in [0.15, 0.2) is 30.3 Å². The van der Waals surface area contributed by atoms with Gasteiger partial charge in [-0.2, -0.15) is 5.21 Å². The molecular formula is C13H17N5O. The second-order valence-electron chi connectivity index (χ2n) is 4.96. The maximum absolute atomic E-state index is 12.4. The quantitative estimate of drug-likeness (QED) is 0.868. The third-order valence-electron chi connectivity index (χ3n) is 3.16. The Labute approximate surface area is 111 Å². The highest BCUT2D eigenvalue weighted by Crippen LogP contribution is 2.24. The Morgan fingerprint density at radius 2 is 2.00 bits per heavy atom.